The van der Waals surface area contributed by atoms with Crippen molar-refractivity contribution in [2.24, 2.45) is 0 Å². The number of hydrogen-bond acceptors (Lipinski definition) is 1. The summed E-state index contributed by atoms with van der Waals surface area (Å²) >= 11 is 0. The van der Waals surface area contributed by atoms with Crippen molar-refractivity contribution >= 4 is 0 Å². The molecule has 1 nitrogen and oxygen atoms in total. The van der Waals surface area contributed by atoms with Crippen LogP contribution in [0.4, 0.5) is 0 Å². The van der Waals surface area contributed by atoms with Gasteiger partial charge in [-0.2, -0.15) is 0 Å². The number of rotatable bonds is 1. The molecular weight excluding hydrogens is 170 g/mol. The van der Waals surface area contributed by atoms with E-state index in [2.05, 4.69) is 49.2 Å². The fraction of sp³-hybridized carbons (Fsp3) is 0.308. The average Bonchev–Trinajstić information content (AvgIpc) is 2.24. The van der Waals surface area contributed by atoms with Crippen LogP contribution in [0, 0.1) is 0 Å². The van der Waals surface area contributed by atoms with E-state index in [-0.39, 0.29) is 5.41 Å². The van der Waals surface area contributed by atoms with E-state index in [1.165, 1.54) is 5.57 Å². The molecule has 1 heterocycles. The summed E-state index contributed by atoms with van der Waals surface area (Å²) in [7, 11) is 0. The number of pyridine rings is 1. The molecule has 1 aliphatic carbocycles. The Morgan fingerprint density at radius 2 is 2.21 bits per heavy atom. The van der Waals surface area contributed by atoms with Gasteiger partial charge in [-0.25, -0.2) is 0 Å². The molecule has 0 fully saturated rings. The molecule has 1 aliphatic rings. The third-order valence-electron chi connectivity index (χ3n) is 3.11. The molecule has 0 amide bonds. The molecule has 1 unspecified atom stereocenters. The number of nitrogens with zero attached hydrogens (tertiary/aromatic N) is 1. The van der Waals surface area contributed by atoms with Crippen molar-refractivity contribution in [2.45, 2.75) is 25.7 Å². The van der Waals surface area contributed by atoms with Crippen LogP contribution in [-0.2, 0) is 5.41 Å². The first kappa shape index (κ1) is 9.20. The zero-order chi connectivity index (χ0) is 10.0. The van der Waals surface area contributed by atoms with Gasteiger partial charge in [-0.05, 0) is 32.4 Å². The molecule has 72 valence electrons. The summed E-state index contributed by atoms with van der Waals surface area (Å²) in [6, 6.07) is 6.13. The maximum absolute atomic E-state index is 4.45. The van der Waals surface area contributed by atoms with E-state index >= 15 is 0 Å². The molecule has 2 rings (SSSR count). The van der Waals surface area contributed by atoms with Crippen molar-refractivity contribution < 1.29 is 0 Å². The van der Waals surface area contributed by atoms with Crippen LogP contribution in [0.2, 0.25) is 0 Å². The van der Waals surface area contributed by atoms with E-state index in [1.807, 2.05) is 12.3 Å². The minimum absolute atomic E-state index is 0.0933. The highest BCUT2D eigenvalue weighted by molar-refractivity contribution is 5.36. The molecule has 1 aromatic heterocycles. The first-order valence-electron chi connectivity index (χ1n) is 4.99. The molecule has 0 radical (unpaired) electrons. The third-order valence-corrected chi connectivity index (χ3v) is 3.11. The highest BCUT2D eigenvalue weighted by Crippen LogP contribution is 2.36. The number of aromatic nitrogens is 1. The van der Waals surface area contributed by atoms with Crippen molar-refractivity contribution in [1.82, 2.24) is 4.98 Å². The summed E-state index contributed by atoms with van der Waals surface area (Å²) in [5.74, 6) is 0. The van der Waals surface area contributed by atoms with E-state index in [0.29, 0.717) is 0 Å². The predicted octanol–water partition coefficient (Wildman–Crippen LogP) is 3.25. The fourth-order valence-corrected chi connectivity index (χ4v) is 1.86. The molecule has 0 saturated carbocycles. The lowest BCUT2D eigenvalue weighted by molar-refractivity contribution is 0.541. The van der Waals surface area contributed by atoms with Gasteiger partial charge in [-0.1, -0.05) is 29.9 Å². The van der Waals surface area contributed by atoms with Gasteiger partial charge in [0.15, 0.2) is 0 Å². The Morgan fingerprint density at radius 3 is 2.86 bits per heavy atom. The largest absolute Gasteiger partial charge is 0.260 e. The Hall–Kier alpha value is -1.37. The van der Waals surface area contributed by atoms with Crippen molar-refractivity contribution in [3.05, 3.63) is 53.9 Å². The Labute approximate surface area is 85.2 Å². The summed E-state index contributed by atoms with van der Waals surface area (Å²) in [4.78, 5) is 4.45. The van der Waals surface area contributed by atoms with Crippen molar-refractivity contribution in [2.75, 3.05) is 0 Å². The standard InChI is InChI=1S/C13H15N/c1-11-7-3-5-9-13(11,2)12-8-4-6-10-14-12/h3-8,10H,9H2,1-2H3. The topological polar surface area (TPSA) is 12.9 Å². The normalized spacial score (nSPS) is 26.0. The maximum atomic E-state index is 4.45. The van der Waals surface area contributed by atoms with Gasteiger partial charge >= 0.3 is 0 Å². The molecule has 1 heteroatoms. The molecular formula is C13H15N. The second kappa shape index (κ2) is 3.41. The number of hydrogen-bond donors (Lipinski definition) is 0. The Bertz CT molecular complexity index is 375. The smallest absolute Gasteiger partial charge is 0.0506 e. The highest BCUT2D eigenvalue weighted by Gasteiger charge is 2.29. The summed E-state index contributed by atoms with van der Waals surface area (Å²) in [5.41, 5.74) is 2.65. The van der Waals surface area contributed by atoms with E-state index in [9.17, 15) is 0 Å². The third kappa shape index (κ3) is 1.39. The van der Waals surface area contributed by atoms with Crippen LogP contribution in [-0.4, -0.2) is 4.98 Å². The Balaban J connectivity index is 2.43. The summed E-state index contributed by atoms with van der Waals surface area (Å²) in [6.07, 6.45) is 9.43. The van der Waals surface area contributed by atoms with Crippen LogP contribution < -0.4 is 0 Å². The van der Waals surface area contributed by atoms with Crippen molar-refractivity contribution in [1.29, 1.82) is 0 Å². The summed E-state index contributed by atoms with van der Waals surface area (Å²) in [5, 5.41) is 0. The molecule has 0 aromatic carbocycles. The van der Waals surface area contributed by atoms with E-state index in [1.54, 1.807) is 0 Å². The fourth-order valence-electron chi connectivity index (χ4n) is 1.86. The second-order valence-corrected chi connectivity index (χ2v) is 4.03. The Morgan fingerprint density at radius 1 is 1.36 bits per heavy atom. The molecule has 1 atom stereocenters. The minimum atomic E-state index is 0.0933. The van der Waals surface area contributed by atoms with E-state index < -0.39 is 0 Å². The van der Waals surface area contributed by atoms with E-state index in [0.717, 1.165) is 12.1 Å². The van der Waals surface area contributed by atoms with E-state index in [4.69, 9.17) is 0 Å². The van der Waals surface area contributed by atoms with Crippen LogP contribution in [0.3, 0.4) is 0 Å². The van der Waals surface area contributed by atoms with Gasteiger partial charge in [0.1, 0.15) is 0 Å². The zero-order valence-electron chi connectivity index (χ0n) is 8.70. The zero-order valence-corrected chi connectivity index (χ0v) is 8.70. The lowest BCUT2D eigenvalue weighted by atomic mass is 9.74. The lowest BCUT2D eigenvalue weighted by Crippen LogP contribution is -2.25. The summed E-state index contributed by atoms with van der Waals surface area (Å²) in [6.45, 7) is 4.43. The Kier molecular flexibility index (Phi) is 2.24. The van der Waals surface area contributed by atoms with Gasteiger partial charge in [-0.3, -0.25) is 4.98 Å². The average molecular weight is 185 g/mol. The van der Waals surface area contributed by atoms with Crippen molar-refractivity contribution in [3.8, 4) is 0 Å². The lowest BCUT2D eigenvalue weighted by Gasteiger charge is -2.31. The van der Waals surface area contributed by atoms with Gasteiger partial charge < -0.3 is 0 Å². The van der Waals surface area contributed by atoms with Gasteiger partial charge in [-0.15, -0.1) is 0 Å². The van der Waals surface area contributed by atoms with Gasteiger partial charge in [0, 0.05) is 11.6 Å². The highest BCUT2D eigenvalue weighted by atomic mass is 14.7. The first-order chi connectivity index (χ1) is 6.73. The molecule has 1 aromatic rings. The van der Waals surface area contributed by atoms with Gasteiger partial charge in [0.2, 0.25) is 0 Å². The van der Waals surface area contributed by atoms with Crippen LogP contribution in [0.15, 0.2) is 48.2 Å². The van der Waals surface area contributed by atoms with Crippen molar-refractivity contribution in [3.63, 3.8) is 0 Å². The minimum Gasteiger partial charge on any atom is -0.260 e. The monoisotopic (exact) mass is 185 g/mol. The van der Waals surface area contributed by atoms with Crippen LogP contribution >= 0.6 is 0 Å². The molecule has 0 N–H and O–H groups in total. The SMILES string of the molecule is CC1=CC=CCC1(C)c1ccccn1. The van der Waals surface area contributed by atoms with Gasteiger partial charge in [0.25, 0.3) is 0 Å². The van der Waals surface area contributed by atoms with Gasteiger partial charge in [0.05, 0.1) is 5.69 Å². The molecule has 0 spiro atoms. The maximum Gasteiger partial charge on any atom is 0.0506 e. The number of allylic oxidation sites excluding steroid dienone is 4. The quantitative estimate of drug-likeness (QED) is 0.654. The molecule has 0 aliphatic heterocycles. The van der Waals surface area contributed by atoms with Crippen LogP contribution in [0.1, 0.15) is 26.0 Å². The molecule has 0 bridgehead atoms. The molecule has 0 saturated heterocycles. The molecule has 14 heavy (non-hydrogen) atoms. The predicted molar refractivity (Wildman–Crippen MR) is 59.1 cm³/mol. The van der Waals surface area contributed by atoms with Crippen LogP contribution in [0.25, 0.3) is 0 Å². The first-order valence-corrected chi connectivity index (χ1v) is 4.99. The second-order valence-electron chi connectivity index (χ2n) is 4.03. The summed E-state index contributed by atoms with van der Waals surface area (Å²) < 4.78 is 0. The van der Waals surface area contributed by atoms with Crippen LogP contribution in [0.5, 0.6) is 0 Å².